The maximum atomic E-state index is 13.3. The molecule has 0 bridgehead atoms. The van der Waals surface area contributed by atoms with Gasteiger partial charge in [-0.3, -0.25) is 14.9 Å². The number of hydrogen-bond acceptors (Lipinski definition) is 3. The van der Waals surface area contributed by atoms with Gasteiger partial charge in [-0.05, 0) is 19.9 Å². The van der Waals surface area contributed by atoms with Crippen molar-refractivity contribution >= 4 is 11.5 Å². The van der Waals surface area contributed by atoms with Gasteiger partial charge in [0.05, 0.1) is 16.1 Å². The highest BCUT2D eigenvalue weighted by Gasteiger charge is 2.18. The van der Waals surface area contributed by atoms with Crippen molar-refractivity contribution in [2.24, 2.45) is 0 Å². The van der Waals surface area contributed by atoms with Crippen molar-refractivity contribution in [1.29, 1.82) is 0 Å². The molecule has 0 atom stereocenters. The van der Waals surface area contributed by atoms with E-state index in [1.807, 2.05) is 0 Å². The smallest absolute Gasteiger partial charge is 0.275 e. The Morgan fingerprint density at radius 2 is 2.07 bits per heavy atom. The van der Waals surface area contributed by atoms with Gasteiger partial charge in [-0.25, -0.2) is 4.39 Å². The molecule has 0 fully saturated rings. The van der Waals surface area contributed by atoms with Crippen molar-refractivity contribution in [3.63, 3.8) is 0 Å². The molecule has 0 saturated heterocycles. The van der Waals surface area contributed by atoms with E-state index in [1.165, 1.54) is 13.8 Å². The quantitative estimate of drug-likeness (QED) is 0.415. The van der Waals surface area contributed by atoms with Crippen molar-refractivity contribution in [2.45, 2.75) is 13.8 Å². The molecular weight excluding hydrogens is 189 g/mol. The van der Waals surface area contributed by atoms with Crippen LogP contribution in [0.15, 0.2) is 12.1 Å². The van der Waals surface area contributed by atoms with Crippen molar-refractivity contribution in [3.8, 4) is 0 Å². The maximum Gasteiger partial charge on any atom is 0.275 e. The van der Waals surface area contributed by atoms with Crippen LogP contribution in [0.25, 0.3) is 0 Å². The molecule has 1 rings (SSSR count). The monoisotopic (exact) mass is 197 g/mol. The van der Waals surface area contributed by atoms with Gasteiger partial charge in [0.15, 0.2) is 5.78 Å². The van der Waals surface area contributed by atoms with Crippen LogP contribution < -0.4 is 0 Å². The number of benzene rings is 1. The molecule has 0 unspecified atom stereocenters. The predicted molar refractivity (Wildman–Crippen MR) is 47.8 cm³/mol. The molecule has 0 N–H and O–H groups in total. The normalized spacial score (nSPS) is 9.93. The fourth-order valence-electron chi connectivity index (χ4n) is 1.14. The summed E-state index contributed by atoms with van der Waals surface area (Å²) in [6.45, 7) is 2.49. The first-order valence-corrected chi connectivity index (χ1v) is 3.89. The Morgan fingerprint density at radius 3 is 2.50 bits per heavy atom. The van der Waals surface area contributed by atoms with Crippen LogP contribution in [0.5, 0.6) is 0 Å². The lowest BCUT2D eigenvalue weighted by Gasteiger charge is -2.02. The van der Waals surface area contributed by atoms with Crippen LogP contribution in [0.4, 0.5) is 10.1 Å². The zero-order chi connectivity index (χ0) is 10.9. The highest BCUT2D eigenvalue weighted by Crippen LogP contribution is 2.23. The Hall–Kier alpha value is -1.78. The molecule has 0 aliphatic carbocycles. The van der Waals surface area contributed by atoms with Crippen LogP contribution in [0.3, 0.4) is 0 Å². The summed E-state index contributed by atoms with van der Waals surface area (Å²) in [5.74, 6) is -1.26. The summed E-state index contributed by atoms with van der Waals surface area (Å²) in [6.07, 6.45) is 0. The van der Waals surface area contributed by atoms with Gasteiger partial charge in [0.2, 0.25) is 0 Å². The Kier molecular flexibility index (Phi) is 2.60. The largest absolute Gasteiger partial charge is 0.294 e. The topological polar surface area (TPSA) is 60.2 Å². The van der Waals surface area contributed by atoms with E-state index in [2.05, 4.69) is 0 Å². The molecule has 1 aromatic rings. The van der Waals surface area contributed by atoms with Gasteiger partial charge in [0.1, 0.15) is 5.82 Å². The zero-order valence-corrected chi connectivity index (χ0v) is 7.70. The average molecular weight is 197 g/mol. The molecule has 0 radical (unpaired) electrons. The molecule has 1 aromatic carbocycles. The lowest BCUT2D eigenvalue weighted by molar-refractivity contribution is -0.385. The first-order valence-electron chi connectivity index (χ1n) is 3.89. The molecule has 14 heavy (non-hydrogen) atoms. The lowest BCUT2D eigenvalue weighted by atomic mass is 10.1. The minimum atomic E-state index is -0.813. The van der Waals surface area contributed by atoms with Gasteiger partial charge in [-0.2, -0.15) is 0 Å². The van der Waals surface area contributed by atoms with E-state index in [-0.39, 0.29) is 16.8 Å². The van der Waals surface area contributed by atoms with E-state index in [0.717, 1.165) is 12.1 Å². The van der Waals surface area contributed by atoms with Gasteiger partial charge in [0, 0.05) is 6.07 Å². The van der Waals surface area contributed by atoms with Gasteiger partial charge in [-0.15, -0.1) is 0 Å². The summed E-state index contributed by atoms with van der Waals surface area (Å²) in [7, 11) is 0. The molecule has 74 valence electrons. The van der Waals surface area contributed by atoms with Crippen LogP contribution in [-0.2, 0) is 0 Å². The van der Waals surface area contributed by atoms with E-state index in [9.17, 15) is 19.3 Å². The number of hydrogen-bond donors (Lipinski definition) is 0. The maximum absolute atomic E-state index is 13.3. The molecule has 0 aliphatic rings. The minimum absolute atomic E-state index is 0.109. The minimum Gasteiger partial charge on any atom is -0.294 e. The highest BCUT2D eigenvalue weighted by atomic mass is 19.1. The molecule has 0 aromatic heterocycles. The first kappa shape index (κ1) is 10.3. The van der Waals surface area contributed by atoms with Gasteiger partial charge < -0.3 is 0 Å². The number of nitro benzene ring substituents is 1. The summed E-state index contributed by atoms with van der Waals surface area (Å²) in [5.41, 5.74) is -0.539. The molecule has 0 amide bonds. The van der Waals surface area contributed by atoms with Gasteiger partial charge in [0.25, 0.3) is 5.69 Å². The van der Waals surface area contributed by atoms with Crippen LogP contribution in [0, 0.1) is 22.9 Å². The molecular formula is C9H8FNO3. The Morgan fingerprint density at radius 1 is 1.50 bits per heavy atom. The number of carbonyl (C=O) groups is 1. The summed E-state index contributed by atoms with van der Waals surface area (Å²) in [5, 5.41) is 10.4. The number of ketones is 1. The second-order valence-corrected chi connectivity index (χ2v) is 2.88. The summed E-state index contributed by atoms with van der Waals surface area (Å²) in [4.78, 5) is 20.6. The second-order valence-electron chi connectivity index (χ2n) is 2.88. The SMILES string of the molecule is CC(=O)c1ccc([N+](=O)[O-])c(C)c1F. The van der Waals surface area contributed by atoms with Crippen LogP contribution in [-0.4, -0.2) is 10.7 Å². The molecule has 0 heterocycles. The number of nitrogens with zero attached hydrogens (tertiary/aromatic N) is 1. The van der Waals surface area contributed by atoms with Crippen LogP contribution in [0.2, 0.25) is 0 Å². The van der Waals surface area contributed by atoms with E-state index >= 15 is 0 Å². The van der Waals surface area contributed by atoms with E-state index < -0.39 is 16.5 Å². The van der Waals surface area contributed by atoms with Crippen LogP contribution >= 0.6 is 0 Å². The summed E-state index contributed by atoms with van der Waals surface area (Å²) >= 11 is 0. The third kappa shape index (κ3) is 1.61. The standard InChI is InChI=1S/C9H8FNO3/c1-5-8(11(13)14)4-3-7(6(2)12)9(5)10/h3-4H,1-2H3. The highest BCUT2D eigenvalue weighted by molar-refractivity contribution is 5.94. The van der Waals surface area contributed by atoms with Crippen molar-refractivity contribution in [2.75, 3.05) is 0 Å². The van der Waals surface area contributed by atoms with Crippen LogP contribution in [0.1, 0.15) is 22.8 Å². The molecule has 0 spiro atoms. The second kappa shape index (κ2) is 3.53. The fourth-order valence-corrected chi connectivity index (χ4v) is 1.14. The van der Waals surface area contributed by atoms with Crippen molar-refractivity contribution < 1.29 is 14.1 Å². The van der Waals surface area contributed by atoms with Crippen molar-refractivity contribution in [3.05, 3.63) is 39.2 Å². The Labute approximate surface area is 79.5 Å². The van der Waals surface area contributed by atoms with Gasteiger partial charge in [-0.1, -0.05) is 0 Å². The Balaban J connectivity index is 3.41. The summed E-state index contributed by atoms with van der Waals surface area (Å²) in [6, 6.07) is 2.26. The number of carbonyl (C=O) groups excluding carboxylic acids is 1. The third-order valence-electron chi connectivity index (χ3n) is 1.93. The zero-order valence-electron chi connectivity index (χ0n) is 7.70. The van der Waals surface area contributed by atoms with E-state index in [1.54, 1.807) is 0 Å². The molecule has 5 heteroatoms. The molecule has 0 saturated carbocycles. The molecule has 4 nitrogen and oxygen atoms in total. The number of halogens is 1. The molecule has 0 aliphatic heterocycles. The number of nitro groups is 1. The third-order valence-corrected chi connectivity index (χ3v) is 1.93. The number of rotatable bonds is 2. The number of Topliss-reactive ketones (excluding diaryl/α,β-unsaturated/α-hetero) is 1. The van der Waals surface area contributed by atoms with Crippen molar-refractivity contribution in [1.82, 2.24) is 0 Å². The lowest BCUT2D eigenvalue weighted by Crippen LogP contribution is -2.02. The fraction of sp³-hybridized carbons (Fsp3) is 0.222. The van der Waals surface area contributed by atoms with Gasteiger partial charge >= 0.3 is 0 Å². The Bertz CT molecular complexity index is 376. The van der Waals surface area contributed by atoms with E-state index in [0.29, 0.717) is 0 Å². The van der Waals surface area contributed by atoms with E-state index in [4.69, 9.17) is 0 Å². The first-order chi connectivity index (χ1) is 6.45. The predicted octanol–water partition coefficient (Wildman–Crippen LogP) is 2.24. The summed E-state index contributed by atoms with van der Waals surface area (Å²) < 4.78 is 13.3. The average Bonchev–Trinajstić information content (AvgIpc) is 2.08.